The monoisotopic (exact) mass is 338 g/mol. The second-order valence-electron chi connectivity index (χ2n) is 5.94. The van der Waals surface area contributed by atoms with Crippen molar-refractivity contribution in [2.75, 3.05) is 13.1 Å². The summed E-state index contributed by atoms with van der Waals surface area (Å²) in [6, 6.07) is 6.84. The van der Waals surface area contributed by atoms with Crippen LogP contribution in [0.25, 0.3) is 0 Å². The lowest BCUT2D eigenvalue weighted by molar-refractivity contribution is -0.134. The normalized spacial score (nSPS) is 19.3. The highest BCUT2D eigenvalue weighted by atomic mass is 35.5. The topological polar surface area (TPSA) is 69.6 Å². The van der Waals surface area contributed by atoms with Gasteiger partial charge in [-0.05, 0) is 37.0 Å². The maximum atomic E-state index is 12.1. The van der Waals surface area contributed by atoms with Crippen LogP contribution in [-0.2, 0) is 9.59 Å². The number of aliphatic hydroxyl groups is 1. The number of aliphatic hydroxyl groups excluding tert-OH is 1. The molecule has 0 bridgehead atoms. The number of carbonyl (C=O) groups excluding carboxylic acids is 2. The number of hydrogen-bond donors (Lipinski definition) is 2. The van der Waals surface area contributed by atoms with Gasteiger partial charge >= 0.3 is 0 Å². The first-order chi connectivity index (χ1) is 11.0. The van der Waals surface area contributed by atoms with Gasteiger partial charge in [-0.15, -0.1) is 0 Å². The van der Waals surface area contributed by atoms with Crippen molar-refractivity contribution in [3.8, 4) is 0 Å². The Labute approximate surface area is 141 Å². The molecule has 2 rings (SSSR count). The Morgan fingerprint density at radius 1 is 1.35 bits per heavy atom. The lowest BCUT2D eigenvalue weighted by Crippen LogP contribution is -2.45. The zero-order valence-corrected chi connectivity index (χ0v) is 14.1. The molecule has 1 aromatic carbocycles. The number of amides is 2. The molecule has 5 nitrogen and oxygen atoms in total. The fourth-order valence-corrected chi connectivity index (χ4v) is 3.05. The summed E-state index contributed by atoms with van der Waals surface area (Å²) < 4.78 is 0. The lowest BCUT2D eigenvalue weighted by Gasteiger charge is -2.34. The third kappa shape index (κ3) is 5.22. The minimum absolute atomic E-state index is 0.0173. The van der Waals surface area contributed by atoms with Gasteiger partial charge in [0.2, 0.25) is 11.8 Å². The first-order valence-electron chi connectivity index (χ1n) is 7.95. The molecule has 6 heteroatoms. The molecule has 0 saturated carbocycles. The number of rotatable bonds is 5. The third-order valence-electron chi connectivity index (χ3n) is 4.20. The van der Waals surface area contributed by atoms with E-state index in [2.05, 4.69) is 5.32 Å². The highest BCUT2D eigenvalue weighted by molar-refractivity contribution is 6.30. The summed E-state index contributed by atoms with van der Waals surface area (Å²) in [6.07, 6.45) is 2.40. The van der Waals surface area contributed by atoms with E-state index in [4.69, 9.17) is 11.6 Å². The fourth-order valence-electron chi connectivity index (χ4n) is 2.93. The maximum Gasteiger partial charge on any atom is 0.222 e. The molecule has 2 atom stereocenters. The Morgan fingerprint density at radius 2 is 2.04 bits per heavy atom. The van der Waals surface area contributed by atoms with Crippen molar-refractivity contribution in [3.05, 3.63) is 34.9 Å². The Kier molecular flexibility index (Phi) is 6.42. The summed E-state index contributed by atoms with van der Waals surface area (Å²) in [5.74, 6) is -0.125. The molecule has 1 heterocycles. The molecule has 0 spiro atoms. The van der Waals surface area contributed by atoms with E-state index in [1.54, 1.807) is 36.1 Å². The minimum Gasteiger partial charge on any atom is -0.387 e. The van der Waals surface area contributed by atoms with Gasteiger partial charge in [0.15, 0.2) is 0 Å². The van der Waals surface area contributed by atoms with Gasteiger partial charge in [-0.3, -0.25) is 9.59 Å². The van der Waals surface area contributed by atoms with E-state index in [-0.39, 0.29) is 30.8 Å². The number of piperidine rings is 1. The first kappa shape index (κ1) is 17.8. The Morgan fingerprint density at radius 3 is 2.70 bits per heavy atom. The molecule has 126 valence electrons. The molecule has 1 saturated heterocycles. The zero-order valence-electron chi connectivity index (χ0n) is 13.3. The molecular formula is C17H23ClN2O3. The van der Waals surface area contributed by atoms with Crippen LogP contribution in [0.15, 0.2) is 24.3 Å². The molecule has 0 aromatic heterocycles. The van der Waals surface area contributed by atoms with Gasteiger partial charge in [-0.1, -0.05) is 23.7 Å². The smallest absolute Gasteiger partial charge is 0.222 e. The van der Waals surface area contributed by atoms with E-state index in [9.17, 15) is 14.7 Å². The van der Waals surface area contributed by atoms with Crippen molar-refractivity contribution in [1.29, 1.82) is 0 Å². The van der Waals surface area contributed by atoms with E-state index in [0.29, 0.717) is 10.6 Å². The van der Waals surface area contributed by atoms with E-state index in [1.807, 2.05) is 0 Å². The maximum absolute atomic E-state index is 12.1. The van der Waals surface area contributed by atoms with Crippen molar-refractivity contribution in [1.82, 2.24) is 10.2 Å². The Balaban J connectivity index is 1.82. The van der Waals surface area contributed by atoms with Crippen LogP contribution in [0.2, 0.25) is 5.02 Å². The summed E-state index contributed by atoms with van der Waals surface area (Å²) in [4.78, 5) is 25.5. The molecule has 1 fully saturated rings. The van der Waals surface area contributed by atoms with E-state index < -0.39 is 6.10 Å². The third-order valence-corrected chi connectivity index (χ3v) is 4.45. The van der Waals surface area contributed by atoms with Crippen LogP contribution in [-0.4, -0.2) is 41.0 Å². The van der Waals surface area contributed by atoms with Crippen molar-refractivity contribution >= 4 is 23.4 Å². The van der Waals surface area contributed by atoms with Gasteiger partial charge in [-0.2, -0.15) is 0 Å². The van der Waals surface area contributed by atoms with Crippen molar-refractivity contribution in [2.45, 2.75) is 44.8 Å². The van der Waals surface area contributed by atoms with Gasteiger partial charge in [0, 0.05) is 37.5 Å². The molecule has 0 aliphatic carbocycles. The summed E-state index contributed by atoms with van der Waals surface area (Å²) in [5.41, 5.74) is 0.706. The second kappa shape index (κ2) is 8.31. The number of carbonyl (C=O) groups is 2. The summed E-state index contributed by atoms with van der Waals surface area (Å²) >= 11 is 5.81. The SMILES string of the molecule is CC(=O)N1CCCC[C@H]1CC(=O)NC[C@@H](O)c1ccc(Cl)cc1. The van der Waals surface area contributed by atoms with Crippen molar-refractivity contribution < 1.29 is 14.7 Å². The summed E-state index contributed by atoms with van der Waals surface area (Å²) in [7, 11) is 0. The zero-order chi connectivity index (χ0) is 16.8. The molecule has 23 heavy (non-hydrogen) atoms. The highest BCUT2D eigenvalue weighted by Gasteiger charge is 2.26. The van der Waals surface area contributed by atoms with Crippen LogP contribution in [0.5, 0.6) is 0 Å². The molecule has 2 amide bonds. The number of halogens is 1. The van der Waals surface area contributed by atoms with Gasteiger partial charge in [-0.25, -0.2) is 0 Å². The molecular weight excluding hydrogens is 316 g/mol. The molecule has 0 unspecified atom stereocenters. The van der Waals surface area contributed by atoms with E-state index >= 15 is 0 Å². The Hall–Kier alpha value is -1.59. The van der Waals surface area contributed by atoms with Crippen LogP contribution in [0.4, 0.5) is 0 Å². The molecule has 0 radical (unpaired) electrons. The van der Waals surface area contributed by atoms with Gasteiger partial charge in [0.25, 0.3) is 0 Å². The average molecular weight is 339 g/mol. The average Bonchev–Trinajstić information content (AvgIpc) is 2.53. The van der Waals surface area contributed by atoms with E-state index in [1.165, 1.54) is 0 Å². The lowest BCUT2D eigenvalue weighted by atomic mass is 9.99. The number of hydrogen-bond acceptors (Lipinski definition) is 3. The summed E-state index contributed by atoms with van der Waals surface area (Å²) in [6.45, 7) is 2.41. The molecule has 1 aromatic rings. The molecule has 2 N–H and O–H groups in total. The number of nitrogens with one attached hydrogen (secondary N) is 1. The predicted octanol–water partition coefficient (Wildman–Crippen LogP) is 2.28. The predicted molar refractivity (Wildman–Crippen MR) is 89.1 cm³/mol. The number of nitrogens with zero attached hydrogens (tertiary/aromatic N) is 1. The second-order valence-corrected chi connectivity index (χ2v) is 6.37. The largest absolute Gasteiger partial charge is 0.387 e. The van der Waals surface area contributed by atoms with Crippen LogP contribution in [0, 0.1) is 0 Å². The van der Waals surface area contributed by atoms with Crippen LogP contribution in [0.1, 0.15) is 44.3 Å². The first-order valence-corrected chi connectivity index (χ1v) is 8.32. The van der Waals surface area contributed by atoms with Crippen LogP contribution < -0.4 is 5.32 Å². The molecule has 1 aliphatic heterocycles. The standard InChI is InChI=1S/C17H23ClN2O3/c1-12(21)20-9-3-2-4-15(20)10-17(23)19-11-16(22)13-5-7-14(18)8-6-13/h5-8,15-16,22H,2-4,9-11H2,1H3,(H,19,23)/t15-,16+/m0/s1. The van der Waals surface area contributed by atoms with E-state index in [0.717, 1.165) is 25.8 Å². The van der Waals surface area contributed by atoms with Crippen molar-refractivity contribution in [2.24, 2.45) is 0 Å². The summed E-state index contributed by atoms with van der Waals surface area (Å²) in [5, 5.41) is 13.4. The van der Waals surface area contributed by atoms with Gasteiger partial charge in [0.05, 0.1) is 6.10 Å². The number of benzene rings is 1. The quantitative estimate of drug-likeness (QED) is 0.865. The molecule has 1 aliphatic rings. The Bertz CT molecular complexity index is 547. The highest BCUT2D eigenvalue weighted by Crippen LogP contribution is 2.20. The number of likely N-dealkylation sites (tertiary alicyclic amines) is 1. The van der Waals surface area contributed by atoms with Crippen LogP contribution in [0.3, 0.4) is 0 Å². The van der Waals surface area contributed by atoms with Gasteiger partial charge < -0.3 is 15.3 Å². The minimum atomic E-state index is -0.772. The van der Waals surface area contributed by atoms with Gasteiger partial charge in [0.1, 0.15) is 0 Å². The fraction of sp³-hybridized carbons (Fsp3) is 0.529. The van der Waals surface area contributed by atoms with Crippen molar-refractivity contribution in [3.63, 3.8) is 0 Å². The van der Waals surface area contributed by atoms with Crippen LogP contribution >= 0.6 is 11.6 Å².